The first-order valence-corrected chi connectivity index (χ1v) is 34.4. The van der Waals surface area contributed by atoms with E-state index in [0.717, 1.165) is 54.1 Å². The third-order valence-corrected chi connectivity index (χ3v) is 16.7. The Hall–Kier alpha value is -4.93. The fourth-order valence-corrected chi connectivity index (χ4v) is 9.18. The van der Waals surface area contributed by atoms with E-state index in [2.05, 4.69) is 116 Å². The number of benzene rings is 2. The van der Waals surface area contributed by atoms with E-state index in [0.29, 0.717) is 104 Å². The molecule has 91 heavy (non-hydrogen) atoms. The van der Waals surface area contributed by atoms with Gasteiger partial charge in [-0.1, -0.05) is 118 Å². The fourth-order valence-electron chi connectivity index (χ4n) is 7.38. The van der Waals surface area contributed by atoms with Crippen molar-refractivity contribution in [2.24, 2.45) is 47.1 Å². The van der Waals surface area contributed by atoms with Gasteiger partial charge >= 0.3 is 18.5 Å². The number of aliphatic hydroxyl groups is 1. The Labute approximate surface area is 590 Å². The van der Waals surface area contributed by atoms with Crippen molar-refractivity contribution in [2.75, 3.05) is 43.4 Å². The number of halogens is 8. The number of hydrazine groups is 2. The molecule has 7 heterocycles. The van der Waals surface area contributed by atoms with Crippen LogP contribution in [0.1, 0.15) is 65.6 Å². The van der Waals surface area contributed by atoms with Crippen molar-refractivity contribution >= 4 is 151 Å². The molecule has 7 aromatic heterocycles. The van der Waals surface area contributed by atoms with E-state index in [1.54, 1.807) is 54.6 Å². The molecule has 0 atom stereocenters. The first-order chi connectivity index (χ1) is 44.5. The molecule has 31 heteroatoms. The van der Waals surface area contributed by atoms with Crippen LogP contribution in [0, 0.1) is 29.6 Å². The molecule has 14 rings (SSSR count). The maximum absolute atomic E-state index is 12.0. The maximum Gasteiger partial charge on any atom is 0.488 e. The maximum atomic E-state index is 12.0. The van der Waals surface area contributed by atoms with Crippen molar-refractivity contribution < 1.29 is 35.5 Å². The smallest absolute Gasteiger partial charge is 0.478 e. The highest BCUT2D eigenvalue weighted by Crippen LogP contribution is 2.36. The summed E-state index contributed by atoms with van der Waals surface area (Å²) in [4.78, 5) is 36.0. The van der Waals surface area contributed by atoms with Crippen LogP contribution in [0.2, 0.25) is 15.5 Å². The van der Waals surface area contributed by atoms with Gasteiger partial charge in [-0.2, -0.15) is 15.2 Å². The minimum Gasteiger partial charge on any atom is -0.478 e. The Morgan fingerprint density at radius 3 is 1.44 bits per heavy atom. The Bertz CT molecular complexity index is 3790. The number of ether oxygens (including phenoxy) is 4. The Morgan fingerprint density at radius 2 is 1.00 bits per heavy atom. The molecule has 22 nitrogen and oxygen atoms in total. The van der Waals surface area contributed by atoms with Crippen LogP contribution in [0.4, 0.5) is 5.82 Å². The van der Waals surface area contributed by atoms with Gasteiger partial charge in [0.2, 0.25) is 23.5 Å². The van der Waals surface area contributed by atoms with Crippen LogP contribution < -0.4 is 58.7 Å². The number of pyridine rings is 5. The Balaban J connectivity index is 0.000000174. The molecule has 0 unspecified atom stereocenters. The Kier molecular flexibility index (Phi) is 32.1. The number of nitrogens with one attached hydrogen (secondary N) is 3. The molecular formula is C60H70BBr4Cl3IN13O9. The fraction of sp³-hybridized carbons (Fsp3) is 0.350. The second-order valence-corrected chi connectivity index (χ2v) is 25.3. The monoisotopic (exact) mass is 1680 g/mol. The molecule has 5 aliphatic rings. The SMILES string of the molecule is Clc1ccc(Br)c(Cl)n1.Clc1ccc(Br)c(OCC2CC2)n1.NN.NNc1ccc(Br)c(OCC2CC2)n1.O=c1[nH]nc2ccc(-c3ccccc3)c(OCC3CC3)n12.O=c1[nH]nc2ccc(Br)c(OCC3CC3)n12.OB(O)c1ccccc1.OCC1CC1.[2H]CI. The lowest BCUT2D eigenvalue weighted by atomic mass is 9.81. The number of nitrogens with zero attached hydrogens (tertiary/aromatic N) is 7. The third kappa shape index (κ3) is 26.4. The zero-order chi connectivity index (χ0) is 66.5. The van der Waals surface area contributed by atoms with Crippen molar-refractivity contribution in [3.8, 4) is 34.6 Å². The quantitative estimate of drug-likeness (QED) is 0.0108. The van der Waals surface area contributed by atoms with Crippen molar-refractivity contribution in [2.45, 2.75) is 64.2 Å². The number of fused-ring (bicyclic) bond motifs is 2. The average Bonchev–Trinajstić information content (AvgIpc) is 1.61. The second kappa shape index (κ2) is 39.7. The number of nitrogens with two attached hydrogens (primary N) is 3. The average molecular weight is 1680 g/mol. The summed E-state index contributed by atoms with van der Waals surface area (Å²) in [6.07, 6.45) is 12.5. The van der Waals surface area contributed by atoms with Gasteiger partial charge in [0, 0.05) is 13.5 Å². The first kappa shape index (κ1) is 73.5. The Morgan fingerprint density at radius 1 is 0.582 bits per heavy atom. The van der Waals surface area contributed by atoms with Crippen LogP contribution in [0.5, 0.6) is 23.5 Å². The van der Waals surface area contributed by atoms with E-state index < -0.39 is 7.12 Å². The molecule has 9 aromatic rings. The molecule has 0 bridgehead atoms. The van der Waals surface area contributed by atoms with Crippen LogP contribution in [-0.2, 0) is 0 Å². The van der Waals surface area contributed by atoms with Crippen LogP contribution in [0.3, 0.4) is 0 Å². The molecule has 5 aliphatic carbocycles. The summed E-state index contributed by atoms with van der Waals surface area (Å²) in [6.45, 7) is 3.23. The van der Waals surface area contributed by atoms with Gasteiger partial charge in [-0.05, 0) is 234 Å². The van der Waals surface area contributed by atoms with E-state index in [-0.39, 0.29) is 11.4 Å². The van der Waals surface area contributed by atoms with Gasteiger partial charge in [0.05, 0.1) is 44.3 Å². The highest BCUT2D eigenvalue weighted by molar-refractivity contribution is 14.1. The number of aromatic nitrogens is 9. The van der Waals surface area contributed by atoms with E-state index in [1.165, 1.54) is 73.0 Å². The van der Waals surface area contributed by atoms with Gasteiger partial charge in [0.15, 0.2) is 11.3 Å². The van der Waals surface area contributed by atoms with Gasteiger partial charge in [0.1, 0.15) is 21.3 Å². The van der Waals surface area contributed by atoms with Crippen molar-refractivity contribution in [3.63, 3.8) is 0 Å². The van der Waals surface area contributed by atoms with Gasteiger partial charge < -0.3 is 39.5 Å². The standard InChI is InChI=1S/C16H15N3O2.C10H10BrN3O2.C9H9BrClNO.C9H12BrN3O.C6H7BO2.C5H2BrCl2N.C4H8O.CH3I.H4N2/c20-16-18-17-14-9-8-13(12-4-2-1-3-5-12)15(19(14)16)21-10-11-6-7-11;11-7-3-4-8-12-13-10(15)14(8)9(7)16-5-6-1-2-6;10-7-3-4-8(11)12-9(7)13-5-6-1-2-6;10-7-3-4-8(13-11)12-9(7)14-5-6-1-2-6;8-7(9)6-4-2-1-3-5-6;6-3-1-2-4(7)9-5(3)8;5-3-4-1-2-4;2*1-2/h1-5,8-9,11H,6-7,10H2,(H,18,20);3-4,6H,1-2,5H2,(H,13,15);3-4,6H,1-2,5H2;3-4,6H,1-2,5,11H2,(H,12,13);1-5,8-9H;1-2H;4-5H,1-3H2;1H3;1-2H2/i;;;;;;;1D;. The van der Waals surface area contributed by atoms with Gasteiger partial charge in [-0.15, -0.1) is 0 Å². The summed E-state index contributed by atoms with van der Waals surface area (Å²) in [5.41, 5.74) is 5.54. The molecule has 5 fully saturated rings. The summed E-state index contributed by atoms with van der Waals surface area (Å²) in [5.74, 6) is 19.6. The van der Waals surface area contributed by atoms with Gasteiger partial charge in [0.25, 0.3) is 0 Å². The number of alkyl halides is 1. The number of hydrogen-bond donors (Lipinski definition) is 9. The molecule has 0 saturated heterocycles. The number of H-pyrrole nitrogens is 2. The van der Waals surface area contributed by atoms with E-state index in [1.807, 2.05) is 89.3 Å². The minimum absolute atomic E-state index is 0.270. The molecule has 488 valence electrons. The molecule has 5 saturated carbocycles. The number of aromatic amines is 2. The molecule has 2 aromatic carbocycles. The number of aliphatic hydroxyl groups excluding tert-OH is 1. The number of rotatable bonds is 16. The summed E-state index contributed by atoms with van der Waals surface area (Å²) in [6, 6.07) is 36.6. The molecule has 12 N–H and O–H groups in total. The summed E-state index contributed by atoms with van der Waals surface area (Å²) in [7, 11) is -1.34. The molecule has 0 radical (unpaired) electrons. The molecule has 0 spiro atoms. The van der Waals surface area contributed by atoms with Gasteiger partial charge in [-0.25, -0.2) is 44.4 Å². The number of nitrogen functional groups attached to an aromatic ring is 1. The van der Waals surface area contributed by atoms with E-state index in [9.17, 15) is 9.59 Å². The van der Waals surface area contributed by atoms with Crippen LogP contribution in [0.15, 0.2) is 149 Å². The molecule has 0 amide bonds. The lowest BCUT2D eigenvalue weighted by Gasteiger charge is -2.12. The summed E-state index contributed by atoms with van der Waals surface area (Å²) < 4.78 is 35.1. The van der Waals surface area contributed by atoms with E-state index >= 15 is 0 Å². The highest BCUT2D eigenvalue weighted by Gasteiger charge is 2.26. The largest absolute Gasteiger partial charge is 0.488 e. The van der Waals surface area contributed by atoms with Crippen LogP contribution in [0.25, 0.3) is 22.4 Å². The van der Waals surface area contributed by atoms with E-state index in [4.69, 9.17) is 76.1 Å². The van der Waals surface area contributed by atoms with Crippen molar-refractivity contribution in [1.82, 2.24) is 44.1 Å². The number of hydrogen-bond acceptors (Lipinski definition) is 18. The predicted molar refractivity (Wildman–Crippen MR) is 381 cm³/mol. The van der Waals surface area contributed by atoms with Crippen molar-refractivity contribution in [1.29, 1.82) is 0 Å². The molecular weight excluding hydrogens is 1610 g/mol. The lowest BCUT2D eigenvalue weighted by molar-refractivity contribution is 0.277. The highest BCUT2D eigenvalue weighted by atomic mass is 127. The minimum atomic E-state index is -1.34. The third-order valence-electron chi connectivity index (χ3n) is 13.3. The first-order valence-electron chi connectivity index (χ1n) is 29.2. The lowest BCUT2D eigenvalue weighted by Crippen LogP contribution is -2.29. The summed E-state index contributed by atoms with van der Waals surface area (Å²) >= 11 is 32.0. The van der Waals surface area contributed by atoms with Gasteiger partial charge in [-0.3, -0.25) is 11.7 Å². The molecule has 0 aliphatic heterocycles. The van der Waals surface area contributed by atoms with Crippen LogP contribution >= 0.6 is 121 Å². The number of anilines is 1. The predicted octanol–water partition coefficient (Wildman–Crippen LogP) is 12.0. The van der Waals surface area contributed by atoms with Crippen LogP contribution in [-0.4, -0.2) is 104 Å². The topological polar surface area (TPSA) is 327 Å². The summed E-state index contributed by atoms with van der Waals surface area (Å²) in [5, 5.41) is 39.4. The zero-order valence-corrected chi connectivity index (χ0v) is 59.8. The zero-order valence-electron chi connectivity index (χ0n) is 50.0. The normalized spacial score (nSPS) is 14.1. The second-order valence-electron chi connectivity index (χ2n) is 20.7. The van der Waals surface area contributed by atoms with Crippen molar-refractivity contribution in [3.05, 3.63) is 176 Å².